The lowest BCUT2D eigenvalue weighted by atomic mass is 9.95. The van der Waals surface area contributed by atoms with Crippen LogP contribution < -0.4 is 10.5 Å². The Balaban J connectivity index is 1.36. The van der Waals surface area contributed by atoms with Gasteiger partial charge in [-0.15, -0.1) is 0 Å². The van der Waals surface area contributed by atoms with Gasteiger partial charge in [-0.2, -0.15) is 11.3 Å². The number of hydrogen-bond acceptors (Lipinski definition) is 7. The van der Waals surface area contributed by atoms with Crippen molar-refractivity contribution in [1.82, 2.24) is 24.3 Å². The molecule has 1 aliphatic rings. The number of H-pyrrole nitrogens is 1. The van der Waals surface area contributed by atoms with Crippen LogP contribution >= 0.6 is 11.3 Å². The SMILES string of the molecule is CC(=O)Oc1cccc2[nH]c(-c3nc(C4CCN(C(=O)c5ccsc5)CC4)n4ccnc(N)c34)cc12. The van der Waals surface area contributed by atoms with Crippen molar-refractivity contribution in [1.29, 1.82) is 0 Å². The van der Waals surface area contributed by atoms with E-state index in [1.807, 2.05) is 50.5 Å². The van der Waals surface area contributed by atoms with Gasteiger partial charge in [0.2, 0.25) is 0 Å². The van der Waals surface area contributed by atoms with Gasteiger partial charge in [0.1, 0.15) is 28.6 Å². The maximum absolute atomic E-state index is 12.8. The number of nitrogen functional groups attached to an aromatic ring is 1. The van der Waals surface area contributed by atoms with E-state index in [0.29, 0.717) is 30.4 Å². The molecule has 0 bridgehead atoms. The number of likely N-dealkylation sites (tertiary alicyclic amines) is 1. The number of hydrogen-bond donors (Lipinski definition) is 2. The fourth-order valence-electron chi connectivity index (χ4n) is 4.97. The van der Waals surface area contributed by atoms with E-state index in [-0.39, 0.29) is 17.8 Å². The molecule has 10 heteroatoms. The molecule has 3 N–H and O–H groups in total. The quantitative estimate of drug-likeness (QED) is 0.278. The molecule has 1 aliphatic heterocycles. The third-order valence-electron chi connectivity index (χ3n) is 6.66. The Hall–Kier alpha value is -4.18. The van der Waals surface area contributed by atoms with Crippen LogP contribution in [-0.4, -0.2) is 49.2 Å². The number of thiophene rings is 1. The largest absolute Gasteiger partial charge is 0.426 e. The molecule has 0 unspecified atom stereocenters. The summed E-state index contributed by atoms with van der Waals surface area (Å²) in [7, 11) is 0. The second-order valence-electron chi connectivity index (χ2n) is 8.92. The Morgan fingerprint density at radius 3 is 2.81 bits per heavy atom. The van der Waals surface area contributed by atoms with Gasteiger partial charge in [0.25, 0.3) is 5.91 Å². The van der Waals surface area contributed by atoms with Crippen LogP contribution in [0.25, 0.3) is 27.8 Å². The van der Waals surface area contributed by atoms with Crippen LogP contribution in [0.3, 0.4) is 0 Å². The highest BCUT2D eigenvalue weighted by molar-refractivity contribution is 7.08. The number of carbonyl (C=O) groups is 2. The fraction of sp³-hybridized carbons (Fsp3) is 0.231. The minimum absolute atomic E-state index is 0.0819. The van der Waals surface area contributed by atoms with E-state index >= 15 is 0 Å². The Labute approximate surface area is 210 Å². The smallest absolute Gasteiger partial charge is 0.308 e. The van der Waals surface area contributed by atoms with Gasteiger partial charge in [-0.05, 0) is 42.5 Å². The number of piperidine rings is 1. The number of benzene rings is 1. The van der Waals surface area contributed by atoms with Gasteiger partial charge in [-0.25, -0.2) is 9.97 Å². The first-order chi connectivity index (χ1) is 17.5. The van der Waals surface area contributed by atoms with E-state index in [1.165, 1.54) is 18.3 Å². The topological polar surface area (TPSA) is 119 Å². The number of carbonyl (C=O) groups excluding carboxylic acids is 2. The van der Waals surface area contributed by atoms with E-state index in [0.717, 1.165) is 46.3 Å². The van der Waals surface area contributed by atoms with E-state index in [1.54, 1.807) is 12.3 Å². The normalized spacial score (nSPS) is 14.5. The number of nitrogens with one attached hydrogen (secondary N) is 1. The Kier molecular flexibility index (Phi) is 5.45. The highest BCUT2D eigenvalue weighted by Crippen LogP contribution is 2.37. The molecule has 0 saturated carbocycles. The summed E-state index contributed by atoms with van der Waals surface area (Å²) >= 11 is 1.53. The lowest BCUT2D eigenvalue weighted by molar-refractivity contribution is -0.131. The third-order valence-corrected chi connectivity index (χ3v) is 7.34. The predicted molar refractivity (Wildman–Crippen MR) is 138 cm³/mol. The number of aromatic amines is 1. The summed E-state index contributed by atoms with van der Waals surface area (Å²) in [6.07, 6.45) is 5.17. The standard InChI is InChI=1S/C26H24N6O3S/c1-15(33)35-21-4-2-3-19-18(21)13-20(29-19)22-23-24(27)28-8-11-32(23)25(30-22)16-5-9-31(10-6-16)26(34)17-7-12-36-14-17/h2-4,7-8,11-14,16,29H,5-6,9-10H2,1H3,(H2,27,28). The molecule has 0 aliphatic carbocycles. The molecule has 0 spiro atoms. The van der Waals surface area contributed by atoms with Gasteiger partial charge in [-0.1, -0.05) is 6.07 Å². The van der Waals surface area contributed by atoms with Gasteiger partial charge in [0.15, 0.2) is 0 Å². The second kappa shape index (κ2) is 8.80. The molecule has 9 nitrogen and oxygen atoms in total. The Morgan fingerprint density at radius 1 is 1.22 bits per heavy atom. The highest BCUT2D eigenvalue weighted by Gasteiger charge is 2.29. The zero-order valence-electron chi connectivity index (χ0n) is 19.6. The minimum atomic E-state index is -0.378. The summed E-state index contributed by atoms with van der Waals surface area (Å²) in [6, 6.07) is 9.31. The van der Waals surface area contributed by atoms with Crippen LogP contribution in [0.1, 0.15) is 41.9 Å². The minimum Gasteiger partial charge on any atom is -0.426 e. The van der Waals surface area contributed by atoms with Crippen molar-refractivity contribution in [2.75, 3.05) is 18.8 Å². The van der Waals surface area contributed by atoms with Gasteiger partial charge >= 0.3 is 5.97 Å². The van der Waals surface area contributed by atoms with Gasteiger partial charge in [0.05, 0.1) is 11.3 Å². The number of fused-ring (bicyclic) bond motifs is 2. The molecule has 1 amide bonds. The molecule has 182 valence electrons. The summed E-state index contributed by atoms with van der Waals surface area (Å²) in [5.41, 5.74) is 10.1. The number of imidazole rings is 1. The Bertz CT molecular complexity index is 1600. The lowest BCUT2D eigenvalue weighted by Gasteiger charge is -2.31. The van der Waals surface area contributed by atoms with Gasteiger partial charge in [-0.3, -0.25) is 14.0 Å². The molecular weight excluding hydrogens is 476 g/mol. The first-order valence-electron chi connectivity index (χ1n) is 11.7. The zero-order chi connectivity index (χ0) is 24.8. The molecule has 1 saturated heterocycles. The first kappa shape index (κ1) is 22.3. The maximum atomic E-state index is 12.8. The summed E-state index contributed by atoms with van der Waals surface area (Å²) < 4.78 is 7.40. The number of esters is 1. The summed E-state index contributed by atoms with van der Waals surface area (Å²) in [4.78, 5) is 39.0. The number of rotatable bonds is 4. The fourth-order valence-corrected chi connectivity index (χ4v) is 5.60. The van der Waals surface area contributed by atoms with E-state index in [4.69, 9.17) is 15.5 Å². The average Bonchev–Trinajstić information content (AvgIpc) is 3.62. The van der Waals surface area contributed by atoms with Crippen molar-refractivity contribution in [3.05, 3.63) is 64.9 Å². The van der Waals surface area contributed by atoms with Crippen LogP contribution in [0.4, 0.5) is 5.82 Å². The summed E-state index contributed by atoms with van der Waals surface area (Å²) in [5.74, 6) is 1.64. The molecule has 5 heterocycles. The highest BCUT2D eigenvalue weighted by atomic mass is 32.1. The van der Waals surface area contributed by atoms with Gasteiger partial charge in [0, 0.05) is 54.6 Å². The molecule has 1 fully saturated rings. The van der Waals surface area contributed by atoms with Crippen molar-refractivity contribution in [3.8, 4) is 17.1 Å². The van der Waals surface area contributed by atoms with E-state index < -0.39 is 0 Å². The molecule has 4 aromatic heterocycles. The van der Waals surface area contributed by atoms with Crippen molar-refractivity contribution in [3.63, 3.8) is 0 Å². The molecule has 1 aromatic carbocycles. The molecule has 0 radical (unpaired) electrons. The van der Waals surface area contributed by atoms with Crippen LogP contribution in [0, 0.1) is 0 Å². The number of nitrogens with zero attached hydrogens (tertiary/aromatic N) is 4. The van der Waals surface area contributed by atoms with Crippen LogP contribution in [0.2, 0.25) is 0 Å². The van der Waals surface area contributed by atoms with Crippen molar-refractivity contribution in [2.24, 2.45) is 0 Å². The molecule has 0 atom stereocenters. The number of anilines is 1. The number of aromatic nitrogens is 4. The van der Waals surface area contributed by atoms with Crippen molar-refractivity contribution in [2.45, 2.75) is 25.7 Å². The monoisotopic (exact) mass is 500 g/mol. The molecule has 36 heavy (non-hydrogen) atoms. The lowest BCUT2D eigenvalue weighted by Crippen LogP contribution is -2.38. The van der Waals surface area contributed by atoms with Crippen LogP contribution in [-0.2, 0) is 4.79 Å². The summed E-state index contributed by atoms with van der Waals surface area (Å²) in [5, 5.41) is 4.61. The zero-order valence-corrected chi connectivity index (χ0v) is 20.4. The van der Waals surface area contributed by atoms with Gasteiger partial charge < -0.3 is 20.4 Å². The Morgan fingerprint density at radius 2 is 2.06 bits per heavy atom. The van der Waals surface area contributed by atoms with Crippen molar-refractivity contribution < 1.29 is 14.3 Å². The first-order valence-corrected chi connectivity index (χ1v) is 12.7. The second-order valence-corrected chi connectivity index (χ2v) is 9.70. The van der Waals surface area contributed by atoms with Crippen molar-refractivity contribution >= 4 is 45.5 Å². The number of ether oxygens (including phenoxy) is 1. The van der Waals surface area contributed by atoms with E-state index in [2.05, 4.69) is 9.97 Å². The van der Waals surface area contributed by atoms with E-state index in [9.17, 15) is 9.59 Å². The maximum Gasteiger partial charge on any atom is 0.308 e. The van der Waals surface area contributed by atoms with Crippen LogP contribution in [0.5, 0.6) is 5.75 Å². The van der Waals surface area contributed by atoms with Crippen LogP contribution in [0.15, 0.2) is 53.5 Å². The summed E-state index contributed by atoms with van der Waals surface area (Å²) in [6.45, 7) is 2.72. The average molecular weight is 501 g/mol. The molecule has 6 rings (SSSR count). The third kappa shape index (κ3) is 3.79. The number of amides is 1. The number of nitrogens with two attached hydrogens (primary N) is 1. The molecular formula is C26H24N6O3S. The predicted octanol–water partition coefficient (Wildman–Crippen LogP) is 4.47. The molecule has 5 aromatic rings.